The Hall–Kier alpha value is -2.24. The first-order valence-electron chi connectivity index (χ1n) is 7.11. The third kappa shape index (κ3) is 2.94. The van der Waals surface area contributed by atoms with Gasteiger partial charge >= 0.3 is 0 Å². The van der Waals surface area contributed by atoms with Gasteiger partial charge in [-0.1, -0.05) is 6.92 Å². The molecular weight excluding hydrogens is 268 g/mol. The van der Waals surface area contributed by atoms with E-state index in [1.54, 1.807) is 32.3 Å². The molecule has 2 amide bonds. The second-order valence-corrected chi connectivity index (χ2v) is 5.38. The molecule has 0 bridgehead atoms. The van der Waals surface area contributed by atoms with Gasteiger partial charge in [-0.15, -0.1) is 0 Å². The molecule has 0 aliphatic carbocycles. The van der Waals surface area contributed by atoms with Gasteiger partial charge in [-0.05, 0) is 24.6 Å². The maximum atomic E-state index is 12.4. The van der Waals surface area contributed by atoms with Crippen LogP contribution in [0.5, 0.6) is 0 Å². The number of nitrogens with two attached hydrogens (primary N) is 1. The fourth-order valence-corrected chi connectivity index (χ4v) is 2.62. The van der Waals surface area contributed by atoms with Crippen molar-refractivity contribution in [3.05, 3.63) is 23.8 Å². The van der Waals surface area contributed by atoms with Gasteiger partial charge in [-0.3, -0.25) is 9.59 Å². The molecule has 0 aromatic heterocycles. The van der Waals surface area contributed by atoms with Gasteiger partial charge in [-0.25, -0.2) is 0 Å². The van der Waals surface area contributed by atoms with E-state index < -0.39 is 0 Å². The zero-order chi connectivity index (χ0) is 15.6. The minimum absolute atomic E-state index is 0.00516. The van der Waals surface area contributed by atoms with Crippen LogP contribution in [0.4, 0.5) is 11.4 Å². The molecule has 6 nitrogen and oxygen atoms in total. The van der Waals surface area contributed by atoms with Gasteiger partial charge in [0.2, 0.25) is 5.91 Å². The first-order valence-corrected chi connectivity index (χ1v) is 7.11. The molecule has 1 atom stereocenters. The molecule has 2 rings (SSSR count). The molecule has 0 saturated carbocycles. The van der Waals surface area contributed by atoms with Crippen molar-refractivity contribution < 1.29 is 9.59 Å². The number of nitrogens with one attached hydrogen (secondary N) is 1. The number of carbonyl (C=O) groups is 2. The van der Waals surface area contributed by atoms with Gasteiger partial charge in [0.05, 0.1) is 11.3 Å². The third-order valence-electron chi connectivity index (χ3n) is 3.69. The van der Waals surface area contributed by atoms with Gasteiger partial charge < -0.3 is 20.9 Å². The summed E-state index contributed by atoms with van der Waals surface area (Å²) in [7, 11) is 3.42. The minimum Gasteiger partial charge on any atom is -0.399 e. The largest absolute Gasteiger partial charge is 0.399 e. The van der Waals surface area contributed by atoms with E-state index in [0.717, 1.165) is 5.69 Å². The highest BCUT2D eigenvalue weighted by Crippen LogP contribution is 2.28. The van der Waals surface area contributed by atoms with Crippen LogP contribution in [0, 0.1) is 0 Å². The van der Waals surface area contributed by atoms with Crippen LogP contribution in [0.2, 0.25) is 0 Å². The van der Waals surface area contributed by atoms with E-state index in [1.165, 1.54) is 4.90 Å². The predicted molar refractivity (Wildman–Crippen MR) is 83.3 cm³/mol. The Morgan fingerprint density at radius 1 is 1.48 bits per heavy atom. The van der Waals surface area contributed by atoms with Gasteiger partial charge in [0.1, 0.15) is 6.04 Å². The van der Waals surface area contributed by atoms with Crippen LogP contribution in [-0.2, 0) is 4.79 Å². The summed E-state index contributed by atoms with van der Waals surface area (Å²) in [6.45, 7) is 3.20. The lowest BCUT2D eigenvalue weighted by Crippen LogP contribution is -2.55. The summed E-state index contributed by atoms with van der Waals surface area (Å²) in [4.78, 5) is 27.9. The molecule has 1 aromatic carbocycles. The highest BCUT2D eigenvalue weighted by atomic mass is 16.2. The molecule has 1 saturated heterocycles. The number of nitrogens with zero attached hydrogens (tertiary/aromatic N) is 2. The molecule has 1 aromatic rings. The maximum Gasteiger partial charge on any atom is 0.255 e. The molecule has 1 aliphatic heterocycles. The van der Waals surface area contributed by atoms with Crippen LogP contribution in [0.1, 0.15) is 23.7 Å². The SMILES string of the molecule is CCC1C(=O)NCCN1c1cc(N)ccc1C(=O)N(C)C. The van der Waals surface area contributed by atoms with Crippen molar-refractivity contribution in [2.24, 2.45) is 0 Å². The first kappa shape index (κ1) is 15.2. The molecule has 21 heavy (non-hydrogen) atoms. The zero-order valence-electron chi connectivity index (χ0n) is 12.7. The fourth-order valence-electron chi connectivity index (χ4n) is 2.62. The lowest BCUT2D eigenvalue weighted by molar-refractivity contribution is -0.123. The van der Waals surface area contributed by atoms with E-state index in [9.17, 15) is 9.59 Å². The monoisotopic (exact) mass is 290 g/mol. The Morgan fingerprint density at radius 2 is 2.19 bits per heavy atom. The second-order valence-electron chi connectivity index (χ2n) is 5.38. The predicted octanol–water partition coefficient (Wildman–Crippen LogP) is 0.685. The number of hydrogen-bond donors (Lipinski definition) is 2. The van der Waals surface area contributed by atoms with Crippen LogP contribution in [0.15, 0.2) is 18.2 Å². The Labute approximate surface area is 124 Å². The summed E-state index contributed by atoms with van der Waals surface area (Å²) >= 11 is 0. The second kappa shape index (κ2) is 6.03. The van der Waals surface area contributed by atoms with Crippen LogP contribution in [-0.4, -0.2) is 49.9 Å². The van der Waals surface area contributed by atoms with Crippen molar-refractivity contribution in [2.45, 2.75) is 19.4 Å². The third-order valence-corrected chi connectivity index (χ3v) is 3.69. The molecular formula is C15H22N4O2. The Morgan fingerprint density at radius 3 is 2.81 bits per heavy atom. The summed E-state index contributed by atoms with van der Waals surface area (Å²) in [5.41, 5.74) is 7.77. The number of anilines is 2. The molecule has 0 spiro atoms. The van der Waals surface area contributed by atoms with E-state index in [1.807, 2.05) is 11.8 Å². The molecule has 0 radical (unpaired) electrons. The van der Waals surface area contributed by atoms with Crippen LogP contribution in [0.25, 0.3) is 0 Å². The van der Waals surface area contributed by atoms with Gasteiger partial charge in [0.15, 0.2) is 0 Å². The number of piperazine rings is 1. The molecule has 1 heterocycles. The van der Waals surface area contributed by atoms with E-state index >= 15 is 0 Å². The van der Waals surface area contributed by atoms with Crippen molar-refractivity contribution >= 4 is 23.2 Å². The molecule has 1 aliphatic rings. The Balaban J connectivity index is 2.48. The molecule has 1 fully saturated rings. The summed E-state index contributed by atoms with van der Waals surface area (Å²) < 4.78 is 0. The number of benzene rings is 1. The van der Waals surface area contributed by atoms with Gasteiger partial charge in [0.25, 0.3) is 5.91 Å². The van der Waals surface area contributed by atoms with E-state index in [4.69, 9.17) is 5.73 Å². The molecule has 3 N–H and O–H groups in total. The molecule has 6 heteroatoms. The van der Waals surface area contributed by atoms with Crippen LogP contribution >= 0.6 is 0 Å². The van der Waals surface area contributed by atoms with Crippen molar-refractivity contribution in [3.63, 3.8) is 0 Å². The lowest BCUT2D eigenvalue weighted by Gasteiger charge is -2.37. The number of hydrogen-bond acceptors (Lipinski definition) is 4. The zero-order valence-corrected chi connectivity index (χ0v) is 12.7. The van der Waals surface area contributed by atoms with Crippen LogP contribution in [0.3, 0.4) is 0 Å². The van der Waals surface area contributed by atoms with E-state index in [2.05, 4.69) is 5.32 Å². The Kier molecular flexibility index (Phi) is 4.35. The van der Waals surface area contributed by atoms with Crippen molar-refractivity contribution in [3.8, 4) is 0 Å². The highest BCUT2D eigenvalue weighted by molar-refractivity contribution is 6.01. The summed E-state index contributed by atoms with van der Waals surface area (Å²) in [6, 6.07) is 4.95. The standard InChI is InChI=1S/C15H22N4O2/c1-4-12-14(20)17-7-8-19(12)13-9-10(16)5-6-11(13)15(21)18(2)3/h5-6,9,12H,4,7-8,16H2,1-3H3,(H,17,20). The van der Waals surface area contributed by atoms with Crippen molar-refractivity contribution in [1.82, 2.24) is 10.2 Å². The van der Waals surface area contributed by atoms with Gasteiger partial charge in [-0.2, -0.15) is 0 Å². The van der Waals surface area contributed by atoms with E-state index in [-0.39, 0.29) is 17.9 Å². The highest BCUT2D eigenvalue weighted by Gasteiger charge is 2.30. The average Bonchev–Trinajstić information content (AvgIpc) is 2.46. The van der Waals surface area contributed by atoms with Gasteiger partial charge in [0, 0.05) is 32.9 Å². The minimum atomic E-state index is -0.269. The van der Waals surface area contributed by atoms with Crippen molar-refractivity contribution in [2.75, 3.05) is 37.8 Å². The maximum absolute atomic E-state index is 12.4. The Bertz CT molecular complexity index is 557. The number of rotatable bonds is 3. The number of nitrogen functional groups attached to an aromatic ring is 1. The normalized spacial score (nSPS) is 18.3. The fraction of sp³-hybridized carbons (Fsp3) is 0.467. The quantitative estimate of drug-likeness (QED) is 0.803. The molecule has 114 valence electrons. The average molecular weight is 290 g/mol. The first-order chi connectivity index (χ1) is 9.95. The topological polar surface area (TPSA) is 78.7 Å². The van der Waals surface area contributed by atoms with Crippen molar-refractivity contribution in [1.29, 1.82) is 0 Å². The smallest absolute Gasteiger partial charge is 0.255 e. The summed E-state index contributed by atoms with van der Waals surface area (Å²) in [5, 5.41) is 2.86. The molecule has 1 unspecified atom stereocenters. The van der Waals surface area contributed by atoms with Crippen LogP contribution < -0.4 is 16.0 Å². The summed E-state index contributed by atoms with van der Waals surface area (Å²) in [6.07, 6.45) is 0.677. The van der Waals surface area contributed by atoms with E-state index in [0.29, 0.717) is 30.8 Å². The lowest BCUT2D eigenvalue weighted by atomic mass is 10.0. The summed E-state index contributed by atoms with van der Waals surface area (Å²) in [5.74, 6) is -0.0970. The number of amides is 2. The number of carbonyl (C=O) groups excluding carboxylic acids is 2.